The van der Waals surface area contributed by atoms with E-state index in [4.69, 9.17) is 10.5 Å². The Morgan fingerprint density at radius 3 is 2.69 bits per heavy atom. The zero-order valence-electron chi connectivity index (χ0n) is 10.1. The number of hydrogen-bond donors (Lipinski definition) is 3. The van der Waals surface area contributed by atoms with Crippen LogP contribution in [-0.4, -0.2) is 31.4 Å². The van der Waals surface area contributed by atoms with Crippen LogP contribution in [0, 0.1) is 13.8 Å². The molecule has 0 saturated carbocycles. The lowest BCUT2D eigenvalue weighted by Crippen LogP contribution is -2.27. The zero-order valence-corrected chi connectivity index (χ0v) is 10.1. The maximum absolute atomic E-state index is 9.39. The third kappa shape index (κ3) is 3.12. The molecule has 90 valence electrons. The number of aliphatic hydroxyl groups is 1. The average molecular weight is 224 g/mol. The van der Waals surface area contributed by atoms with Crippen molar-refractivity contribution in [1.82, 2.24) is 0 Å². The molecule has 1 atom stereocenters. The molecule has 0 heterocycles. The molecule has 0 aromatic heterocycles. The molecule has 0 bridgehead atoms. The van der Waals surface area contributed by atoms with Crippen molar-refractivity contribution in [1.29, 1.82) is 0 Å². The fourth-order valence-corrected chi connectivity index (χ4v) is 1.67. The maximum atomic E-state index is 9.39. The number of aliphatic hydroxyl groups excluding tert-OH is 1. The largest absolute Gasteiger partial charge is 0.494 e. The summed E-state index contributed by atoms with van der Waals surface area (Å²) in [6.45, 7) is 4.70. The number of hydrogen-bond acceptors (Lipinski definition) is 4. The molecule has 0 aliphatic rings. The number of anilines is 1. The SMILES string of the molecule is COc1c(C)cc(C)cc1NCC(O)CN. The molecule has 1 unspecified atom stereocenters. The van der Waals surface area contributed by atoms with E-state index in [1.165, 1.54) is 0 Å². The standard InChI is InChI=1S/C12H20N2O2/c1-8-4-9(2)12(16-3)11(5-8)14-7-10(15)6-13/h4-5,10,14-15H,6-7,13H2,1-3H3. The molecule has 0 amide bonds. The molecular formula is C12H20N2O2. The Kier molecular flexibility index (Phi) is 4.58. The van der Waals surface area contributed by atoms with E-state index in [1.54, 1.807) is 7.11 Å². The number of aryl methyl sites for hydroxylation is 2. The van der Waals surface area contributed by atoms with Crippen molar-refractivity contribution in [3.63, 3.8) is 0 Å². The van der Waals surface area contributed by atoms with Crippen LogP contribution in [0.2, 0.25) is 0 Å². The molecule has 4 heteroatoms. The lowest BCUT2D eigenvalue weighted by molar-refractivity contribution is 0.196. The lowest BCUT2D eigenvalue weighted by Gasteiger charge is -2.16. The molecule has 0 saturated heterocycles. The van der Waals surface area contributed by atoms with Gasteiger partial charge in [-0.3, -0.25) is 0 Å². The first-order valence-electron chi connectivity index (χ1n) is 5.35. The summed E-state index contributed by atoms with van der Waals surface area (Å²) in [5.74, 6) is 0.815. The van der Waals surface area contributed by atoms with Gasteiger partial charge >= 0.3 is 0 Å². The zero-order chi connectivity index (χ0) is 12.1. The number of rotatable bonds is 5. The minimum Gasteiger partial charge on any atom is -0.494 e. The second-order valence-electron chi connectivity index (χ2n) is 3.93. The monoisotopic (exact) mass is 224 g/mol. The van der Waals surface area contributed by atoms with E-state index in [9.17, 15) is 5.11 Å². The van der Waals surface area contributed by atoms with Gasteiger partial charge in [0.25, 0.3) is 0 Å². The minimum absolute atomic E-state index is 0.250. The van der Waals surface area contributed by atoms with E-state index in [2.05, 4.69) is 11.4 Å². The lowest BCUT2D eigenvalue weighted by atomic mass is 10.1. The van der Waals surface area contributed by atoms with E-state index in [-0.39, 0.29) is 6.54 Å². The Labute approximate surface area is 96.4 Å². The predicted molar refractivity (Wildman–Crippen MR) is 66.0 cm³/mol. The normalized spacial score (nSPS) is 12.3. The second-order valence-corrected chi connectivity index (χ2v) is 3.93. The van der Waals surface area contributed by atoms with Gasteiger partial charge in [-0.2, -0.15) is 0 Å². The van der Waals surface area contributed by atoms with Crippen molar-refractivity contribution in [3.8, 4) is 5.75 Å². The summed E-state index contributed by atoms with van der Waals surface area (Å²) in [5, 5.41) is 12.5. The number of benzene rings is 1. The van der Waals surface area contributed by atoms with Gasteiger partial charge in [0.15, 0.2) is 0 Å². The molecule has 0 spiro atoms. The predicted octanol–water partition coefficient (Wildman–Crippen LogP) is 1.04. The number of nitrogens with one attached hydrogen (secondary N) is 1. The molecule has 4 nitrogen and oxygen atoms in total. The summed E-state index contributed by atoms with van der Waals surface area (Å²) >= 11 is 0. The highest BCUT2D eigenvalue weighted by molar-refractivity contribution is 5.61. The summed E-state index contributed by atoms with van der Waals surface area (Å²) in [4.78, 5) is 0. The van der Waals surface area contributed by atoms with Crippen LogP contribution in [-0.2, 0) is 0 Å². The Morgan fingerprint density at radius 2 is 2.12 bits per heavy atom. The van der Waals surface area contributed by atoms with Crippen LogP contribution in [0.1, 0.15) is 11.1 Å². The van der Waals surface area contributed by atoms with Gasteiger partial charge in [-0.1, -0.05) is 6.07 Å². The van der Waals surface area contributed by atoms with Crippen LogP contribution >= 0.6 is 0 Å². The highest BCUT2D eigenvalue weighted by atomic mass is 16.5. The van der Waals surface area contributed by atoms with Crippen molar-refractivity contribution in [3.05, 3.63) is 23.3 Å². The Morgan fingerprint density at radius 1 is 1.44 bits per heavy atom. The van der Waals surface area contributed by atoms with Crippen LogP contribution < -0.4 is 15.8 Å². The second kappa shape index (κ2) is 5.72. The number of ether oxygens (including phenoxy) is 1. The third-order valence-electron chi connectivity index (χ3n) is 2.42. The van der Waals surface area contributed by atoms with Gasteiger partial charge < -0.3 is 20.9 Å². The fraction of sp³-hybridized carbons (Fsp3) is 0.500. The van der Waals surface area contributed by atoms with Gasteiger partial charge in [-0.25, -0.2) is 0 Å². The first-order chi connectivity index (χ1) is 7.58. The average Bonchev–Trinajstić information content (AvgIpc) is 2.25. The van der Waals surface area contributed by atoms with Crippen LogP contribution in [0.3, 0.4) is 0 Å². The van der Waals surface area contributed by atoms with Crippen LogP contribution in [0.15, 0.2) is 12.1 Å². The van der Waals surface area contributed by atoms with E-state index in [0.29, 0.717) is 6.54 Å². The molecule has 1 aromatic carbocycles. The molecule has 0 aliphatic carbocycles. The summed E-state index contributed by atoms with van der Waals surface area (Å²) in [6.07, 6.45) is -0.537. The van der Waals surface area contributed by atoms with Crippen LogP contribution in [0.25, 0.3) is 0 Å². The summed E-state index contributed by atoms with van der Waals surface area (Å²) in [5.41, 5.74) is 8.47. The molecule has 0 radical (unpaired) electrons. The highest BCUT2D eigenvalue weighted by Crippen LogP contribution is 2.29. The van der Waals surface area contributed by atoms with Crippen molar-refractivity contribution >= 4 is 5.69 Å². The molecule has 16 heavy (non-hydrogen) atoms. The summed E-state index contributed by atoms with van der Waals surface area (Å²) in [6, 6.07) is 4.05. The van der Waals surface area contributed by atoms with Gasteiger partial charge in [0, 0.05) is 13.1 Å². The maximum Gasteiger partial charge on any atom is 0.144 e. The third-order valence-corrected chi connectivity index (χ3v) is 2.42. The summed E-state index contributed by atoms with van der Waals surface area (Å²) in [7, 11) is 1.64. The van der Waals surface area contributed by atoms with E-state index < -0.39 is 6.10 Å². The number of methoxy groups -OCH3 is 1. The topological polar surface area (TPSA) is 67.5 Å². The van der Waals surface area contributed by atoms with Gasteiger partial charge in [0.2, 0.25) is 0 Å². The Hall–Kier alpha value is -1.26. The van der Waals surface area contributed by atoms with Crippen LogP contribution in [0.5, 0.6) is 5.75 Å². The highest BCUT2D eigenvalue weighted by Gasteiger charge is 2.08. The van der Waals surface area contributed by atoms with Crippen LogP contribution in [0.4, 0.5) is 5.69 Å². The van der Waals surface area contributed by atoms with Gasteiger partial charge in [-0.15, -0.1) is 0 Å². The van der Waals surface area contributed by atoms with Gasteiger partial charge in [0.1, 0.15) is 5.75 Å². The van der Waals surface area contributed by atoms with Crippen molar-refractivity contribution in [2.45, 2.75) is 20.0 Å². The first kappa shape index (κ1) is 12.8. The molecule has 4 N–H and O–H groups in total. The van der Waals surface area contributed by atoms with Crippen molar-refractivity contribution < 1.29 is 9.84 Å². The number of nitrogens with two attached hydrogens (primary N) is 1. The molecule has 1 aromatic rings. The Bertz CT molecular complexity index is 353. The molecule has 0 aliphatic heterocycles. The molecule has 1 rings (SSSR count). The first-order valence-corrected chi connectivity index (χ1v) is 5.35. The quantitative estimate of drug-likeness (QED) is 0.699. The Balaban J connectivity index is 2.85. The fourth-order valence-electron chi connectivity index (χ4n) is 1.67. The van der Waals surface area contributed by atoms with Crippen molar-refractivity contribution in [2.75, 3.05) is 25.5 Å². The summed E-state index contributed by atoms with van der Waals surface area (Å²) < 4.78 is 5.32. The van der Waals surface area contributed by atoms with E-state index in [0.717, 1.165) is 22.6 Å². The van der Waals surface area contributed by atoms with E-state index >= 15 is 0 Å². The van der Waals surface area contributed by atoms with Gasteiger partial charge in [-0.05, 0) is 31.0 Å². The smallest absolute Gasteiger partial charge is 0.144 e. The minimum atomic E-state index is -0.537. The van der Waals surface area contributed by atoms with Crippen molar-refractivity contribution in [2.24, 2.45) is 5.73 Å². The van der Waals surface area contributed by atoms with Gasteiger partial charge in [0.05, 0.1) is 18.9 Å². The molecular weight excluding hydrogens is 204 g/mol. The molecule has 0 fully saturated rings. The van der Waals surface area contributed by atoms with E-state index in [1.807, 2.05) is 19.9 Å².